The molecule has 0 saturated heterocycles. The second kappa shape index (κ2) is 10.6. The van der Waals surface area contributed by atoms with E-state index in [0.717, 1.165) is 60.2 Å². The highest BCUT2D eigenvalue weighted by Crippen LogP contribution is 2.36. The lowest BCUT2D eigenvalue weighted by Crippen LogP contribution is -2.26. The Bertz CT molecular complexity index is 1310. The van der Waals surface area contributed by atoms with Gasteiger partial charge in [-0.05, 0) is 44.7 Å². The molecule has 0 aliphatic heterocycles. The zero-order valence-corrected chi connectivity index (χ0v) is 20.2. The summed E-state index contributed by atoms with van der Waals surface area (Å²) < 4.78 is 23.6. The lowest BCUT2D eigenvalue weighted by atomic mass is 9.93. The van der Waals surface area contributed by atoms with Gasteiger partial charge < -0.3 is 20.3 Å². The first-order valence-electron chi connectivity index (χ1n) is 12.4. The molecule has 3 heterocycles. The van der Waals surface area contributed by atoms with Crippen LogP contribution in [0.2, 0.25) is 0 Å². The van der Waals surface area contributed by atoms with Crippen LogP contribution in [0.15, 0.2) is 48.9 Å². The van der Waals surface area contributed by atoms with E-state index in [1.807, 2.05) is 19.2 Å². The third-order valence-corrected chi connectivity index (χ3v) is 6.74. The molecule has 1 fully saturated rings. The van der Waals surface area contributed by atoms with Gasteiger partial charge in [-0.25, -0.2) is 9.37 Å². The van der Waals surface area contributed by atoms with E-state index in [1.54, 1.807) is 35.3 Å². The van der Waals surface area contributed by atoms with Crippen LogP contribution in [0, 0.1) is 5.82 Å². The molecule has 190 valence electrons. The van der Waals surface area contributed by atoms with Crippen molar-refractivity contribution in [3.63, 3.8) is 0 Å². The van der Waals surface area contributed by atoms with Crippen LogP contribution in [0.5, 0.6) is 5.75 Å². The minimum atomic E-state index is -0.504. The van der Waals surface area contributed by atoms with Crippen molar-refractivity contribution in [2.24, 2.45) is 0 Å². The Morgan fingerprint density at radius 1 is 1.14 bits per heavy atom. The largest absolute Gasteiger partial charge is 0.487 e. The van der Waals surface area contributed by atoms with Crippen molar-refractivity contribution in [2.75, 3.05) is 25.1 Å². The number of halogens is 1. The molecule has 0 bridgehead atoms. The highest BCUT2D eigenvalue weighted by atomic mass is 19.1. The molecule has 3 aromatic heterocycles. The summed E-state index contributed by atoms with van der Waals surface area (Å²) in [5.41, 5.74) is 2.52. The van der Waals surface area contributed by atoms with Crippen molar-refractivity contribution in [3.05, 3.63) is 54.7 Å². The Morgan fingerprint density at radius 3 is 2.64 bits per heavy atom. The molecule has 5 rings (SSSR count). The first-order valence-corrected chi connectivity index (χ1v) is 12.4. The Morgan fingerprint density at radius 2 is 1.92 bits per heavy atom. The number of hydrogen-bond acceptors (Lipinski definition) is 7. The van der Waals surface area contributed by atoms with Crippen LogP contribution in [0.1, 0.15) is 44.7 Å². The molecule has 9 nitrogen and oxygen atoms in total. The number of aromatic nitrogens is 5. The molecule has 1 saturated carbocycles. The normalized spacial score (nSPS) is 18.1. The Hall–Kier alpha value is -3.50. The highest BCUT2D eigenvalue weighted by molar-refractivity contribution is 5.93. The van der Waals surface area contributed by atoms with E-state index < -0.39 is 6.04 Å². The lowest BCUT2D eigenvalue weighted by Gasteiger charge is -2.29. The quantitative estimate of drug-likeness (QED) is 0.323. The van der Waals surface area contributed by atoms with Crippen molar-refractivity contribution in [3.8, 4) is 17.0 Å². The Kier molecular flexibility index (Phi) is 7.15. The molecular weight excluding hydrogens is 463 g/mol. The summed E-state index contributed by atoms with van der Waals surface area (Å²) in [5.74, 6) is 0.747. The predicted octanol–water partition coefficient (Wildman–Crippen LogP) is 3.95. The minimum absolute atomic E-state index is 0.0365. The van der Waals surface area contributed by atoms with Gasteiger partial charge in [0.05, 0.1) is 43.1 Å². The fraction of sp³-hybridized carbons (Fsp3) is 0.423. The third-order valence-electron chi connectivity index (χ3n) is 6.74. The number of rotatable bonds is 9. The van der Waals surface area contributed by atoms with Gasteiger partial charge in [-0.15, -0.1) is 0 Å². The van der Waals surface area contributed by atoms with E-state index in [4.69, 9.17) is 9.84 Å². The lowest BCUT2D eigenvalue weighted by molar-refractivity contribution is 0.126. The van der Waals surface area contributed by atoms with Crippen LogP contribution >= 0.6 is 0 Å². The SMILES string of the molecule is CCNc1cc2c(cn1)c(-c1cnn(C(CO)CO)c1)nn2[C@H]1CC[C@@H](Oc2ccccc2F)CC1. The monoisotopic (exact) mass is 494 g/mol. The summed E-state index contributed by atoms with van der Waals surface area (Å²) in [7, 11) is 0. The van der Waals surface area contributed by atoms with Crippen LogP contribution < -0.4 is 10.1 Å². The first kappa shape index (κ1) is 24.2. The molecule has 36 heavy (non-hydrogen) atoms. The summed E-state index contributed by atoms with van der Waals surface area (Å²) >= 11 is 0. The van der Waals surface area contributed by atoms with E-state index in [-0.39, 0.29) is 31.2 Å². The zero-order chi connectivity index (χ0) is 25.1. The number of aliphatic hydroxyl groups excluding tert-OH is 2. The maximum atomic E-state index is 14.0. The van der Waals surface area contributed by atoms with Crippen molar-refractivity contribution in [1.29, 1.82) is 0 Å². The van der Waals surface area contributed by atoms with Gasteiger partial charge in [0.15, 0.2) is 11.6 Å². The number of pyridine rings is 1. The predicted molar refractivity (Wildman–Crippen MR) is 134 cm³/mol. The summed E-state index contributed by atoms with van der Waals surface area (Å²) in [4.78, 5) is 4.56. The van der Waals surface area contributed by atoms with Gasteiger partial charge in [0.2, 0.25) is 0 Å². The highest BCUT2D eigenvalue weighted by Gasteiger charge is 2.27. The molecule has 1 aromatic carbocycles. The zero-order valence-electron chi connectivity index (χ0n) is 20.2. The second-order valence-electron chi connectivity index (χ2n) is 9.12. The number of fused-ring (bicyclic) bond motifs is 1. The minimum Gasteiger partial charge on any atom is -0.487 e. The van der Waals surface area contributed by atoms with Crippen LogP contribution in [-0.4, -0.2) is 60.6 Å². The third kappa shape index (κ3) is 4.78. The van der Waals surface area contributed by atoms with Gasteiger partial charge >= 0.3 is 0 Å². The summed E-state index contributed by atoms with van der Waals surface area (Å²) in [5, 5.41) is 32.6. The molecule has 10 heteroatoms. The first-order chi connectivity index (χ1) is 17.6. The van der Waals surface area contributed by atoms with Gasteiger partial charge in [-0.3, -0.25) is 9.36 Å². The topological polar surface area (TPSA) is 110 Å². The van der Waals surface area contributed by atoms with Crippen molar-refractivity contribution in [2.45, 2.75) is 50.8 Å². The summed E-state index contributed by atoms with van der Waals surface area (Å²) in [6.07, 6.45) is 8.58. The average molecular weight is 495 g/mol. The van der Waals surface area contributed by atoms with Gasteiger partial charge in [0, 0.05) is 36.0 Å². The fourth-order valence-corrected chi connectivity index (χ4v) is 4.81. The number of nitrogens with zero attached hydrogens (tertiary/aromatic N) is 5. The van der Waals surface area contributed by atoms with E-state index >= 15 is 0 Å². The molecule has 0 radical (unpaired) electrons. The van der Waals surface area contributed by atoms with E-state index in [0.29, 0.717) is 5.75 Å². The molecule has 1 aliphatic rings. The second-order valence-corrected chi connectivity index (χ2v) is 9.12. The molecule has 4 aromatic rings. The van der Waals surface area contributed by atoms with Gasteiger partial charge in [-0.1, -0.05) is 12.1 Å². The molecular formula is C26H31FN6O3. The number of para-hydroxylation sites is 1. The van der Waals surface area contributed by atoms with Gasteiger partial charge in [-0.2, -0.15) is 10.2 Å². The fourth-order valence-electron chi connectivity index (χ4n) is 4.81. The molecule has 0 spiro atoms. The van der Waals surface area contributed by atoms with Gasteiger partial charge in [0.25, 0.3) is 0 Å². The Balaban J connectivity index is 1.43. The smallest absolute Gasteiger partial charge is 0.165 e. The van der Waals surface area contributed by atoms with Gasteiger partial charge in [0.1, 0.15) is 11.5 Å². The number of ether oxygens (including phenoxy) is 1. The number of nitrogens with one attached hydrogen (secondary N) is 1. The van der Waals surface area contributed by atoms with Crippen LogP contribution in [0.4, 0.5) is 10.2 Å². The number of hydrogen-bond donors (Lipinski definition) is 3. The van der Waals surface area contributed by atoms with Crippen molar-refractivity contribution < 1.29 is 19.3 Å². The maximum Gasteiger partial charge on any atom is 0.165 e. The number of aliphatic hydroxyl groups is 2. The van der Waals surface area contributed by atoms with Crippen LogP contribution in [0.3, 0.4) is 0 Å². The molecule has 0 unspecified atom stereocenters. The maximum absolute atomic E-state index is 14.0. The average Bonchev–Trinajstić information content (AvgIpc) is 3.52. The molecule has 0 amide bonds. The van der Waals surface area contributed by atoms with Crippen LogP contribution in [-0.2, 0) is 0 Å². The molecule has 3 N–H and O–H groups in total. The van der Waals surface area contributed by atoms with E-state index in [2.05, 4.69) is 20.1 Å². The Labute approximate surface area is 208 Å². The molecule has 1 aliphatic carbocycles. The summed E-state index contributed by atoms with van der Waals surface area (Å²) in [6.45, 7) is 2.37. The van der Waals surface area contributed by atoms with Crippen molar-refractivity contribution in [1.82, 2.24) is 24.5 Å². The summed E-state index contributed by atoms with van der Waals surface area (Å²) in [6, 6.07) is 8.20. The number of benzene rings is 1. The molecule has 0 atom stereocenters. The standard InChI is InChI=1S/C26H31FN6O3/c1-2-28-25-11-23-21(13-29-25)26(17-12-30-32(14-17)19(15-34)16-35)31-33(23)18-7-9-20(10-8-18)36-24-6-4-3-5-22(24)27/h3-6,11-14,18-20,34-35H,2,7-10,15-16H2,1H3,(H,28,29)/t18-,20+. The van der Waals surface area contributed by atoms with E-state index in [9.17, 15) is 14.6 Å². The van der Waals surface area contributed by atoms with Crippen LogP contribution in [0.25, 0.3) is 22.2 Å². The number of anilines is 1. The van der Waals surface area contributed by atoms with Crippen molar-refractivity contribution >= 4 is 16.7 Å². The van der Waals surface area contributed by atoms with E-state index in [1.165, 1.54) is 6.07 Å².